The van der Waals surface area contributed by atoms with Gasteiger partial charge in [0.1, 0.15) is 5.69 Å². The maximum absolute atomic E-state index is 13.1. The lowest BCUT2D eigenvalue weighted by Crippen LogP contribution is -2.38. The molecule has 1 aromatic heterocycles. The molecule has 1 saturated carbocycles. The summed E-state index contributed by atoms with van der Waals surface area (Å²) in [7, 11) is 0. The average Bonchev–Trinajstić information content (AvgIpc) is 2.78. The van der Waals surface area contributed by atoms with Crippen LogP contribution in [0.1, 0.15) is 43.1 Å². The van der Waals surface area contributed by atoms with Gasteiger partial charge in [-0.25, -0.2) is 0 Å². The van der Waals surface area contributed by atoms with Crippen LogP contribution in [0, 0.1) is 11.8 Å². The van der Waals surface area contributed by atoms with Gasteiger partial charge in [0.2, 0.25) is 0 Å². The summed E-state index contributed by atoms with van der Waals surface area (Å²) in [6, 6.07) is 0. The Hall–Kier alpha value is -0.850. The van der Waals surface area contributed by atoms with Gasteiger partial charge in [-0.3, -0.25) is 9.48 Å². The molecule has 1 aromatic rings. The molecule has 0 aromatic carbocycles. The Morgan fingerprint density at radius 1 is 1.45 bits per heavy atom. The Kier molecular flexibility index (Phi) is 4.56. The Labute approximate surface area is 123 Å². The third kappa shape index (κ3) is 2.92. The summed E-state index contributed by atoms with van der Waals surface area (Å²) in [6.45, 7) is 2.26. The summed E-state index contributed by atoms with van der Waals surface area (Å²) < 4.78 is 41.2. The number of hydrogen-bond acceptors (Lipinski definition) is 2. The van der Waals surface area contributed by atoms with E-state index in [-0.39, 0.29) is 12.1 Å². The first-order valence-electron chi connectivity index (χ1n) is 6.68. The van der Waals surface area contributed by atoms with Crippen LogP contribution in [0.25, 0.3) is 0 Å². The number of alkyl halides is 3. The highest BCUT2D eigenvalue weighted by atomic mass is 79.9. The number of rotatable bonds is 3. The molecule has 0 N–H and O–H groups in total. The zero-order chi connectivity index (χ0) is 14.9. The lowest BCUT2D eigenvalue weighted by atomic mass is 9.76. The number of aryl methyl sites for hydroxylation is 1. The zero-order valence-electron chi connectivity index (χ0n) is 11.1. The minimum absolute atomic E-state index is 0.0395. The second-order valence-corrected chi connectivity index (χ2v) is 5.91. The molecule has 2 rings (SSSR count). The number of carbonyl (C=O) groups excluding carboxylic acids is 1. The predicted molar refractivity (Wildman–Crippen MR) is 71.4 cm³/mol. The lowest BCUT2D eigenvalue weighted by molar-refractivity contribution is -0.191. The monoisotopic (exact) mass is 352 g/mol. The van der Waals surface area contributed by atoms with E-state index in [0.717, 1.165) is 0 Å². The molecular formula is C13H16BrF3N2O. The van der Waals surface area contributed by atoms with E-state index in [4.69, 9.17) is 0 Å². The van der Waals surface area contributed by atoms with Gasteiger partial charge in [-0.1, -0.05) is 12.8 Å². The van der Waals surface area contributed by atoms with E-state index in [0.29, 0.717) is 30.3 Å². The van der Waals surface area contributed by atoms with Crippen molar-refractivity contribution in [2.45, 2.75) is 45.3 Å². The quantitative estimate of drug-likeness (QED) is 0.763. The Balaban J connectivity index is 2.32. The van der Waals surface area contributed by atoms with Gasteiger partial charge in [-0.05, 0) is 35.7 Å². The maximum Gasteiger partial charge on any atom is 0.392 e. The molecule has 1 fully saturated rings. The second kappa shape index (κ2) is 5.87. The van der Waals surface area contributed by atoms with Crippen LogP contribution in [0.15, 0.2) is 10.7 Å². The van der Waals surface area contributed by atoms with Crippen LogP contribution in [-0.2, 0) is 6.54 Å². The van der Waals surface area contributed by atoms with Crippen molar-refractivity contribution in [2.75, 3.05) is 0 Å². The van der Waals surface area contributed by atoms with Crippen molar-refractivity contribution in [1.82, 2.24) is 9.78 Å². The normalized spacial score (nSPS) is 23.9. The average molecular weight is 353 g/mol. The Bertz CT molecular complexity index is 498. The van der Waals surface area contributed by atoms with Crippen LogP contribution < -0.4 is 0 Å². The molecule has 112 valence electrons. The van der Waals surface area contributed by atoms with E-state index < -0.39 is 23.8 Å². The van der Waals surface area contributed by atoms with Gasteiger partial charge < -0.3 is 0 Å². The van der Waals surface area contributed by atoms with Crippen molar-refractivity contribution in [3.8, 4) is 0 Å². The van der Waals surface area contributed by atoms with E-state index in [1.807, 2.05) is 0 Å². The fourth-order valence-corrected chi connectivity index (χ4v) is 3.35. The molecule has 7 heteroatoms. The van der Waals surface area contributed by atoms with Crippen LogP contribution in [-0.4, -0.2) is 21.7 Å². The molecule has 0 radical (unpaired) electrons. The molecule has 0 aliphatic heterocycles. The molecule has 1 heterocycles. The van der Waals surface area contributed by atoms with Crippen LogP contribution in [0.2, 0.25) is 0 Å². The molecule has 0 spiro atoms. The minimum Gasteiger partial charge on any atom is -0.292 e. The molecule has 0 bridgehead atoms. The molecular weight excluding hydrogens is 337 g/mol. The van der Waals surface area contributed by atoms with E-state index >= 15 is 0 Å². The van der Waals surface area contributed by atoms with Crippen molar-refractivity contribution in [2.24, 2.45) is 11.8 Å². The third-order valence-electron chi connectivity index (χ3n) is 3.85. The number of ketones is 1. The summed E-state index contributed by atoms with van der Waals surface area (Å²) in [5.41, 5.74) is 0.258. The maximum atomic E-state index is 13.1. The van der Waals surface area contributed by atoms with Crippen LogP contribution in [0.4, 0.5) is 13.2 Å². The fraction of sp³-hybridized carbons (Fsp3) is 0.692. The first-order chi connectivity index (χ1) is 9.36. The van der Waals surface area contributed by atoms with Crippen molar-refractivity contribution in [3.63, 3.8) is 0 Å². The van der Waals surface area contributed by atoms with Crippen LogP contribution >= 0.6 is 15.9 Å². The second-order valence-electron chi connectivity index (χ2n) is 5.06. The van der Waals surface area contributed by atoms with Gasteiger partial charge in [0.15, 0.2) is 5.78 Å². The van der Waals surface area contributed by atoms with Gasteiger partial charge in [0.25, 0.3) is 0 Å². The van der Waals surface area contributed by atoms with Gasteiger partial charge >= 0.3 is 6.18 Å². The van der Waals surface area contributed by atoms with E-state index in [2.05, 4.69) is 21.0 Å². The van der Waals surface area contributed by atoms with Crippen molar-refractivity contribution >= 4 is 21.7 Å². The highest BCUT2D eigenvalue weighted by molar-refractivity contribution is 9.10. The van der Waals surface area contributed by atoms with Gasteiger partial charge in [-0.2, -0.15) is 18.3 Å². The minimum atomic E-state index is -4.32. The summed E-state index contributed by atoms with van der Waals surface area (Å²) in [5.74, 6) is -2.96. The van der Waals surface area contributed by atoms with E-state index in [9.17, 15) is 18.0 Å². The first kappa shape index (κ1) is 15.5. The van der Waals surface area contributed by atoms with Crippen LogP contribution in [0.3, 0.4) is 0 Å². The highest BCUT2D eigenvalue weighted by Gasteiger charge is 2.48. The molecule has 2 atom stereocenters. The lowest BCUT2D eigenvalue weighted by Gasteiger charge is -2.32. The molecule has 1 aliphatic rings. The largest absolute Gasteiger partial charge is 0.392 e. The number of halogens is 4. The molecule has 0 amide bonds. The van der Waals surface area contributed by atoms with Gasteiger partial charge in [-0.15, -0.1) is 0 Å². The Morgan fingerprint density at radius 3 is 2.70 bits per heavy atom. The number of nitrogens with zero attached hydrogens (tertiary/aromatic N) is 2. The number of Topliss-reactive ketones (excluding diaryl/α,β-unsaturated/α-hetero) is 1. The summed E-state index contributed by atoms with van der Waals surface area (Å²) in [4.78, 5) is 12.5. The third-order valence-corrected chi connectivity index (χ3v) is 4.43. The predicted octanol–water partition coefficient (Wildman–Crippen LogP) is 4.22. The van der Waals surface area contributed by atoms with Crippen molar-refractivity contribution in [1.29, 1.82) is 0 Å². The Morgan fingerprint density at radius 2 is 2.10 bits per heavy atom. The first-order valence-corrected chi connectivity index (χ1v) is 7.47. The zero-order valence-corrected chi connectivity index (χ0v) is 12.7. The standard InChI is InChI=1S/C13H16BrF3N2O/c1-2-19-11(10(14)7-18-19)12(20)8-5-3-4-6-9(8)13(15,16)17/h7-9H,2-6H2,1H3. The number of hydrogen-bond donors (Lipinski definition) is 0. The topological polar surface area (TPSA) is 34.9 Å². The van der Waals surface area contributed by atoms with Crippen LogP contribution in [0.5, 0.6) is 0 Å². The molecule has 0 saturated heterocycles. The summed E-state index contributed by atoms with van der Waals surface area (Å²) in [6.07, 6.45) is -1.32. The molecule has 3 nitrogen and oxygen atoms in total. The molecule has 2 unspecified atom stereocenters. The van der Waals surface area contributed by atoms with E-state index in [1.54, 1.807) is 6.92 Å². The smallest absolute Gasteiger partial charge is 0.292 e. The van der Waals surface area contributed by atoms with Gasteiger partial charge in [0, 0.05) is 12.5 Å². The summed E-state index contributed by atoms with van der Waals surface area (Å²) in [5, 5.41) is 4.01. The summed E-state index contributed by atoms with van der Waals surface area (Å²) >= 11 is 3.21. The fourth-order valence-electron chi connectivity index (χ4n) is 2.86. The van der Waals surface area contributed by atoms with Crippen molar-refractivity contribution in [3.05, 3.63) is 16.4 Å². The van der Waals surface area contributed by atoms with E-state index in [1.165, 1.54) is 10.9 Å². The van der Waals surface area contributed by atoms with Crippen molar-refractivity contribution < 1.29 is 18.0 Å². The number of aromatic nitrogens is 2. The highest BCUT2D eigenvalue weighted by Crippen LogP contribution is 2.43. The SMILES string of the molecule is CCn1ncc(Br)c1C(=O)C1CCCCC1C(F)(F)F. The molecule has 20 heavy (non-hydrogen) atoms. The number of carbonyl (C=O) groups is 1. The molecule has 1 aliphatic carbocycles. The van der Waals surface area contributed by atoms with Gasteiger partial charge in [0.05, 0.1) is 16.6 Å².